The lowest BCUT2D eigenvalue weighted by Gasteiger charge is -2.07. The Morgan fingerprint density at radius 2 is 1.95 bits per heavy atom. The van der Waals surface area contributed by atoms with Crippen LogP contribution in [0.15, 0.2) is 24.4 Å². The van der Waals surface area contributed by atoms with Crippen LogP contribution in [0.3, 0.4) is 0 Å². The minimum absolute atomic E-state index is 0.00581. The minimum atomic E-state index is -0.569. The molecule has 1 aromatic carbocycles. The third-order valence-corrected chi connectivity index (χ3v) is 2.88. The molecule has 1 N–H and O–H groups in total. The molecule has 0 aliphatic heterocycles. The predicted molar refractivity (Wildman–Crippen MR) is 73.4 cm³/mol. The van der Waals surface area contributed by atoms with Crippen molar-refractivity contribution in [3.63, 3.8) is 0 Å². The summed E-state index contributed by atoms with van der Waals surface area (Å²) in [4.78, 5) is 17.7. The second-order valence-electron chi connectivity index (χ2n) is 3.38. The third kappa shape index (κ3) is 3.23. The average molecular weight is 320 g/mol. The fraction of sp³-hybridized carbons (Fsp3) is 0. The Labute approximate surface area is 122 Å². The number of halogens is 3. The van der Waals surface area contributed by atoms with E-state index in [-0.39, 0.29) is 26.8 Å². The van der Waals surface area contributed by atoms with Gasteiger partial charge in [0.05, 0.1) is 11.1 Å². The molecule has 0 unspecified atom stereocenters. The van der Waals surface area contributed by atoms with E-state index in [1.54, 1.807) is 0 Å². The molecule has 0 amide bonds. The molecule has 0 aliphatic rings. The van der Waals surface area contributed by atoms with Crippen LogP contribution in [0, 0.1) is 10.1 Å². The highest BCUT2D eigenvalue weighted by atomic mass is 35.5. The van der Waals surface area contributed by atoms with E-state index in [1.807, 2.05) is 0 Å². The van der Waals surface area contributed by atoms with E-state index in [4.69, 9.17) is 34.8 Å². The lowest BCUT2D eigenvalue weighted by atomic mass is 10.3. The third-order valence-electron chi connectivity index (χ3n) is 2.12. The van der Waals surface area contributed by atoms with Crippen molar-refractivity contribution in [3.05, 3.63) is 49.8 Å². The van der Waals surface area contributed by atoms with E-state index in [1.165, 1.54) is 24.4 Å². The van der Waals surface area contributed by atoms with Crippen molar-refractivity contribution < 1.29 is 4.92 Å². The van der Waals surface area contributed by atoms with Crippen molar-refractivity contribution in [2.75, 3.05) is 5.32 Å². The Balaban J connectivity index is 2.31. The second kappa shape index (κ2) is 5.56. The smallest absolute Gasteiger partial charge is 0.288 e. The summed E-state index contributed by atoms with van der Waals surface area (Å²) in [6.45, 7) is 0. The van der Waals surface area contributed by atoms with Crippen LogP contribution in [0.2, 0.25) is 15.3 Å². The van der Waals surface area contributed by atoms with E-state index in [0.717, 1.165) is 0 Å². The van der Waals surface area contributed by atoms with Gasteiger partial charge in [0.25, 0.3) is 5.69 Å². The SMILES string of the molecule is O=[N+]([O-])c1ccc(Nc2nc(Cl)ncc2Cl)cc1Cl. The van der Waals surface area contributed by atoms with Gasteiger partial charge in [0.1, 0.15) is 10.0 Å². The Kier molecular flexibility index (Phi) is 4.04. The fourth-order valence-electron chi connectivity index (χ4n) is 1.30. The molecular formula is C10H5Cl3N4O2. The zero-order valence-corrected chi connectivity index (χ0v) is 11.4. The number of benzene rings is 1. The predicted octanol–water partition coefficient (Wildman–Crippen LogP) is 4.09. The Bertz CT molecular complexity index is 651. The highest BCUT2D eigenvalue weighted by Crippen LogP contribution is 2.30. The number of nitro groups is 1. The molecule has 0 saturated carbocycles. The highest BCUT2D eigenvalue weighted by Gasteiger charge is 2.13. The van der Waals surface area contributed by atoms with Crippen molar-refractivity contribution in [1.29, 1.82) is 0 Å². The first-order valence-electron chi connectivity index (χ1n) is 4.86. The monoisotopic (exact) mass is 318 g/mol. The van der Waals surface area contributed by atoms with Gasteiger partial charge in [-0.2, -0.15) is 4.98 Å². The molecule has 2 rings (SSSR count). The average Bonchev–Trinajstić information content (AvgIpc) is 2.33. The van der Waals surface area contributed by atoms with Crippen LogP contribution in [0.5, 0.6) is 0 Å². The number of hydrogen-bond donors (Lipinski definition) is 1. The molecule has 0 bridgehead atoms. The maximum Gasteiger partial charge on any atom is 0.288 e. The van der Waals surface area contributed by atoms with Crippen molar-refractivity contribution in [3.8, 4) is 0 Å². The van der Waals surface area contributed by atoms with Crippen LogP contribution in [0.4, 0.5) is 17.2 Å². The van der Waals surface area contributed by atoms with Gasteiger partial charge in [0.15, 0.2) is 5.82 Å². The minimum Gasteiger partial charge on any atom is -0.339 e. The van der Waals surface area contributed by atoms with Gasteiger partial charge in [-0.05, 0) is 23.7 Å². The number of nitrogens with one attached hydrogen (secondary N) is 1. The normalized spacial score (nSPS) is 10.3. The molecule has 98 valence electrons. The van der Waals surface area contributed by atoms with Crippen LogP contribution >= 0.6 is 34.8 Å². The molecule has 0 fully saturated rings. The number of nitro benzene ring substituents is 1. The van der Waals surface area contributed by atoms with Crippen molar-refractivity contribution in [2.45, 2.75) is 0 Å². The van der Waals surface area contributed by atoms with Gasteiger partial charge in [0, 0.05) is 11.8 Å². The second-order valence-corrected chi connectivity index (χ2v) is 4.54. The van der Waals surface area contributed by atoms with E-state index >= 15 is 0 Å². The van der Waals surface area contributed by atoms with Crippen LogP contribution in [0.1, 0.15) is 0 Å². The largest absolute Gasteiger partial charge is 0.339 e. The van der Waals surface area contributed by atoms with Crippen molar-refractivity contribution in [2.24, 2.45) is 0 Å². The van der Waals surface area contributed by atoms with Crippen LogP contribution < -0.4 is 5.32 Å². The van der Waals surface area contributed by atoms with E-state index in [0.29, 0.717) is 5.69 Å². The van der Waals surface area contributed by atoms with Gasteiger partial charge >= 0.3 is 0 Å². The van der Waals surface area contributed by atoms with Gasteiger partial charge in [-0.1, -0.05) is 23.2 Å². The number of hydrogen-bond acceptors (Lipinski definition) is 5. The van der Waals surface area contributed by atoms with Crippen molar-refractivity contribution in [1.82, 2.24) is 9.97 Å². The van der Waals surface area contributed by atoms with Crippen LogP contribution in [-0.4, -0.2) is 14.9 Å². The summed E-state index contributed by atoms with van der Waals surface area (Å²) in [5.74, 6) is 0.284. The molecule has 2 aromatic rings. The molecule has 1 aromatic heterocycles. The maximum atomic E-state index is 10.6. The first kappa shape index (κ1) is 13.8. The van der Waals surface area contributed by atoms with Crippen molar-refractivity contribution >= 4 is 52.0 Å². The first-order chi connectivity index (χ1) is 8.97. The van der Waals surface area contributed by atoms with Gasteiger partial charge in [-0.15, -0.1) is 0 Å². The molecule has 0 saturated heterocycles. The standard InChI is InChI=1S/C10H5Cl3N4O2/c11-6-3-5(1-2-8(6)17(18)19)15-9-7(12)4-14-10(13)16-9/h1-4H,(H,14,15,16). The summed E-state index contributed by atoms with van der Waals surface area (Å²) >= 11 is 17.3. The molecule has 0 atom stereocenters. The highest BCUT2D eigenvalue weighted by molar-refractivity contribution is 6.34. The van der Waals surface area contributed by atoms with Crippen LogP contribution in [-0.2, 0) is 0 Å². The lowest BCUT2D eigenvalue weighted by Crippen LogP contribution is -1.97. The summed E-state index contributed by atoms with van der Waals surface area (Å²) in [6.07, 6.45) is 1.34. The fourth-order valence-corrected chi connectivity index (χ4v) is 1.82. The lowest BCUT2D eigenvalue weighted by molar-refractivity contribution is -0.384. The summed E-state index contributed by atoms with van der Waals surface area (Å²) < 4.78 is 0. The summed E-state index contributed by atoms with van der Waals surface area (Å²) in [5.41, 5.74) is 0.311. The quantitative estimate of drug-likeness (QED) is 0.523. The number of aromatic nitrogens is 2. The number of anilines is 2. The maximum absolute atomic E-state index is 10.6. The van der Waals surface area contributed by atoms with Gasteiger partial charge in [0.2, 0.25) is 5.28 Å². The summed E-state index contributed by atoms with van der Waals surface area (Å²) in [7, 11) is 0. The Morgan fingerprint density at radius 1 is 1.21 bits per heavy atom. The van der Waals surface area contributed by atoms with Gasteiger partial charge in [-0.25, -0.2) is 4.98 Å². The molecular weight excluding hydrogens is 314 g/mol. The zero-order valence-electron chi connectivity index (χ0n) is 9.10. The molecule has 0 spiro atoms. The Hall–Kier alpha value is -1.63. The molecule has 19 heavy (non-hydrogen) atoms. The van der Waals surface area contributed by atoms with Crippen LogP contribution in [0.25, 0.3) is 0 Å². The van der Waals surface area contributed by atoms with Gasteiger partial charge in [-0.3, -0.25) is 10.1 Å². The molecule has 9 heteroatoms. The van der Waals surface area contributed by atoms with E-state index in [2.05, 4.69) is 15.3 Å². The number of rotatable bonds is 3. The Morgan fingerprint density at radius 3 is 2.58 bits per heavy atom. The topological polar surface area (TPSA) is 81.0 Å². The molecule has 1 heterocycles. The zero-order chi connectivity index (χ0) is 14.0. The number of nitrogens with zero attached hydrogens (tertiary/aromatic N) is 3. The first-order valence-corrected chi connectivity index (χ1v) is 6.00. The van der Waals surface area contributed by atoms with E-state index in [9.17, 15) is 10.1 Å². The molecule has 6 nitrogen and oxygen atoms in total. The van der Waals surface area contributed by atoms with Gasteiger partial charge < -0.3 is 5.32 Å². The summed E-state index contributed by atoms with van der Waals surface area (Å²) in [6, 6.07) is 4.16. The summed E-state index contributed by atoms with van der Waals surface area (Å²) in [5, 5.41) is 13.8. The molecule has 0 aliphatic carbocycles. The van der Waals surface area contributed by atoms with E-state index < -0.39 is 4.92 Å². The molecule has 0 radical (unpaired) electrons.